The molecule has 1 aromatic carbocycles. The third-order valence-corrected chi connectivity index (χ3v) is 2.89. The molecule has 1 unspecified atom stereocenters. The topological polar surface area (TPSA) is 62.4 Å². The van der Waals surface area contributed by atoms with Crippen LogP contribution in [0, 0.1) is 5.92 Å². The molecule has 1 saturated carbocycles. The molecule has 0 radical (unpaired) electrons. The van der Waals surface area contributed by atoms with Crippen molar-refractivity contribution in [1.29, 1.82) is 0 Å². The van der Waals surface area contributed by atoms with Gasteiger partial charge in [0.25, 0.3) is 0 Å². The second-order valence-corrected chi connectivity index (χ2v) is 4.64. The summed E-state index contributed by atoms with van der Waals surface area (Å²) in [5.74, 6) is 6.98. The molecule has 1 aromatic rings. The number of guanidine groups is 1. The Morgan fingerprint density at radius 1 is 1.41 bits per heavy atom. The molecule has 1 fully saturated rings. The Balaban J connectivity index is 1.92. The fraction of sp³-hybridized carbons (Fsp3) is 0.462. The van der Waals surface area contributed by atoms with E-state index in [1.807, 2.05) is 30.3 Å². The number of nitrogens with zero attached hydrogens (tertiary/aromatic N) is 1. The molecule has 4 heteroatoms. The number of aliphatic imine (C=N–C) groups is 1. The van der Waals surface area contributed by atoms with Crippen molar-refractivity contribution in [3.05, 3.63) is 30.3 Å². The number of hydrogen-bond acceptors (Lipinski definition) is 2. The molecule has 0 saturated heterocycles. The average Bonchev–Trinajstić information content (AvgIpc) is 3.13. The molecule has 1 aliphatic rings. The van der Waals surface area contributed by atoms with Crippen LogP contribution >= 0.6 is 0 Å². The highest BCUT2D eigenvalue weighted by Gasteiger charge is 2.23. The van der Waals surface area contributed by atoms with Crippen molar-refractivity contribution in [1.82, 2.24) is 5.43 Å². The number of para-hydroxylation sites is 1. The van der Waals surface area contributed by atoms with Crippen LogP contribution in [-0.4, -0.2) is 12.0 Å². The van der Waals surface area contributed by atoms with Crippen LogP contribution in [0.15, 0.2) is 35.3 Å². The predicted molar refractivity (Wildman–Crippen MR) is 71.6 cm³/mol. The summed E-state index contributed by atoms with van der Waals surface area (Å²) in [5, 5.41) is 3.17. The molecule has 0 spiro atoms. The van der Waals surface area contributed by atoms with Crippen LogP contribution in [0.2, 0.25) is 0 Å². The van der Waals surface area contributed by atoms with Crippen LogP contribution in [0.1, 0.15) is 26.2 Å². The minimum Gasteiger partial charge on any atom is -0.325 e. The van der Waals surface area contributed by atoms with Crippen LogP contribution in [0.5, 0.6) is 0 Å². The zero-order valence-corrected chi connectivity index (χ0v) is 10.2. The number of nitrogens with two attached hydrogens (primary N) is 1. The first-order chi connectivity index (χ1) is 8.28. The summed E-state index contributed by atoms with van der Waals surface area (Å²) in [6, 6.07) is 10.2. The van der Waals surface area contributed by atoms with Gasteiger partial charge < -0.3 is 5.32 Å². The van der Waals surface area contributed by atoms with Gasteiger partial charge in [-0.2, -0.15) is 0 Å². The summed E-state index contributed by atoms with van der Waals surface area (Å²) in [6.07, 6.45) is 3.87. The lowest BCUT2D eigenvalue weighted by atomic mass is 10.2. The third kappa shape index (κ3) is 4.07. The summed E-state index contributed by atoms with van der Waals surface area (Å²) in [6.45, 7) is 2.13. The molecule has 1 atom stereocenters. The molecule has 4 nitrogen and oxygen atoms in total. The van der Waals surface area contributed by atoms with Crippen molar-refractivity contribution in [3.63, 3.8) is 0 Å². The summed E-state index contributed by atoms with van der Waals surface area (Å²) < 4.78 is 0. The van der Waals surface area contributed by atoms with Crippen LogP contribution in [0.4, 0.5) is 5.69 Å². The highest BCUT2D eigenvalue weighted by Crippen LogP contribution is 2.34. The van der Waals surface area contributed by atoms with Crippen LogP contribution in [0.25, 0.3) is 0 Å². The summed E-state index contributed by atoms with van der Waals surface area (Å²) in [7, 11) is 0. The largest absolute Gasteiger partial charge is 0.325 e. The van der Waals surface area contributed by atoms with E-state index in [2.05, 4.69) is 22.7 Å². The Kier molecular flexibility index (Phi) is 3.98. The van der Waals surface area contributed by atoms with Crippen molar-refractivity contribution in [2.45, 2.75) is 32.2 Å². The fourth-order valence-electron chi connectivity index (χ4n) is 1.87. The van der Waals surface area contributed by atoms with Gasteiger partial charge in [0.05, 0.1) is 6.04 Å². The Morgan fingerprint density at radius 2 is 2.12 bits per heavy atom. The first-order valence-corrected chi connectivity index (χ1v) is 6.14. The van der Waals surface area contributed by atoms with Gasteiger partial charge in [-0.1, -0.05) is 31.0 Å². The zero-order chi connectivity index (χ0) is 12.1. The smallest absolute Gasteiger partial charge is 0.210 e. The van der Waals surface area contributed by atoms with E-state index >= 15 is 0 Å². The lowest BCUT2D eigenvalue weighted by Crippen LogP contribution is -2.37. The normalized spacial score (nSPS) is 17.6. The van der Waals surface area contributed by atoms with E-state index in [4.69, 9.17) is 5.84 Å². The lowest BCUT2D eigenvalue weighted by Gasteiger charge is -2.12. The highest BCUT2D eigenvalue weighted by atomic mass is 15.3. The number of hydrogen-bond donors (Lipinski definition) is 3. The Bertz CT molecular complexity index is 370. The van der Waals surface area contributed by atoms with Crippen LogP contribution in [-0.2, 0) is 0 Å². The molecule has 4 N–H and O–H groups in total. The third-order valence-electron chi connectivity index (χ3n) is 2.89. The van der Waals surface area contributed by atoms with Gasteiger partial charge in [0, 0.05) is 5.69 Å². The molecule has 0 aliphatic heterocycles. The first-order valence-electron chi connectivity index (χ1n) is 6.14. The van der Waals surface area contributed by atoms with Gasteiger partial charge in [-0.3, -0.25) is 5.43 Å². The van der Waals surface area contributed by atoms with Gasteiger partial charge in [0.1, 0.15) is 0 Å². The van der Waals surface area contributed by atoms with Crippen molar-refractivity contribution < 1.29 is 0 Å². The molecule has 92 valence electrons. The van der Waals surface area contributed by atoms with Crippen molar-refractivity contribution in [2.75, 3.05) is 5.32 Å². The maximum absolute atomic E-state index is 5.47. The van der Waals surface area contributed by atoms with E-state index in [1.165, 1.54) is 12.8 Å². The van der Waals surface area contributed by atoms with Crippen molar-refractivity contribution in [2.24, 2.45) is 16.8 Å². The maximum atomic E-state index is 5.47. The van der Waals surface area contributed by atoms with Gasteiger partial charge in [-0.25, -0.2) is 10.8 Å². The van der Waals surface area contributed by atoms with Gasteiger partial charge in [-0.15, -0.1) is 0 Å². The van der Waals surface area contributed by atoms with E-state index in [-0.39, 0.29) is 0 Å². The Hall–Kier alpha value is -1.55. The van der Waals surface area contributed by atoms with Crippen molar-refractivity contribution in [3.8, 4) is 0 Å². The number of benzene rings is 1. The van der Waals surface area contributed by atoms with E-state index in [0.717, 1.165) is 18.0 Å². The van der Waals surface area contributed by atoms with Gasteiger partial charge in [0.15, 0.2) is 0 Å². The monoisotopic (exact) mass is 232 g/mol. The maximum Gasteiger partial charge on any atom is 0.210 e. The lowest BCUT2D eigenvalue weighted by molar-refractivity contribution is 0.609. The molecule has 0 amide bonds. The Labute approximate surface area is 102 Å². The molecular formula is C13H20N4. The van der Waals surface area contributed by atoms with Gasteiger partial charge in [0.2, 0.25) is 5.96 Å². The molecule has 0 heterocycles. The van der Waals surface area contributed by atoms with E-state index < -0.39 is 0 Å². The second-order valence-electron chi connectivity index (χ2n) is 4.64. The standard InChI is InChI=1S/C13H20N4/c1-10(9-11-7-8-11)15-13(17-14)16-12-5-3-2-4-6-12/h2-6,10-11H,7-9,14H2,1H3,(H2,15,16,17). The van der Waals surface area contributed by atoms with Gasteiger partial charge >= 0.3 is 0 Å². The zero-order valence-electron chi connectivity index (χ0n) is 10.2. The Morgan fingerprint density at radius 3 is 2.71 bits per heavy atom. The number of nitrogens with one attached hydrogen (secondary N) is 2. The minimum absolute atomic E-state index is 0.310. The van der Waals surface area contributed by atoms with E-state index in [1.54, 1.807) is 0 Å². The second kappa shape index (κ2) is 5.68. The molecule has 0 aromatic heterocycles. The summed E-state index contributed by atoms with van der Waals surface area (Å²) in [5.41, 5.74) is 3.60. The quantitative estimate of drug-likeness (QED) is 0.322. The van der Waals surface area contributed by atoms with E-state index in [0.29, 0.717) is 12.0 Å². The highest BCUT2D eigenvalue weighted by molar-refractivity contribution is 5.93. The predicted octanol–water partition coefficient (Wildman–Crippen LogP) is 2.11. The summed E-state index contributed by atoms with van der Waals surface area (Å²) >= 11 is 0. The number of rotatable bonds is 4. The fourth-order valence-corrected chi connectivity index (χ4v) is 1.87. The molecule has 0 bridgehead atoms. The van der Waals surface area contributed by atoms with Crippen molar-refractivity contribution >= 4 is 11.6 Å². The summed E-state index contributed by atoms with van der Waals surface area (Å²) in [4.78, 5) is 4.54. The molecular weight excluding hydrogens is 212 g/mol. The van der Waals surface area contributed by atoms with Gasteiger partial charge in [-0.05, 0) is 31.4 Å². The first kappa shape index (κ1) is 11.9. The number of hydrazine groups is 1. The van der Waals surface area contributed by atoms with Crippen LogP contribution in [0.3, 0.4) is 0 Å². The molecule has 17 heavy (non-hydrogen) atoms. The number of anilines is 1. The van der Waals surface area contributed by atoms with E-state index in [9.17, 15) is 0 Å². The van der Waals surface area contributed by atoms with Crippen LogP contribution < -0.4 is 16.6 Å². The molecule has 1 aliphatic carbocycles. The molecule has 2 rings (SSSR count). The average molecular weight is 232 g/mol. The SMILES string of the molecule is CC(CC1CC1)N=C(NN)Nc1ccccc1. The minimum atomic E-state index is 0.310.